The largest absolute Gasteiger partial charge is 0.459 e. The van der Waals surface area contributed by atoms with Gasteiger partial charge in [-0.1, -0.05) is 0 Å². The van der Waals surface area contributed by atoms with E-state index in [1.807, 2.05) is 0 Å². The summed E-state index contributed by atoms with van der Waals surface area (Å²) in [7, 11) is 0. The highest BCUT2D eigenvalue weighted by atomic mass is 16.5. The summed E-state index contributed by atoms with van der Waals surface area (Å²) in [5, 5.41) is 8.72. The molecule has 0 bridgehead atoms. The molecule has 0 fully saturated rings. The summed E-state index contributed by atoms with van der Waals surface area (Å²) >= 11 is 0. The van der Waals surface area contributed by atoms with Crippen molar-refractivity contribution in [2.75, 3.05) is 5.32 Å². The van der Waals surface area contributed by atoms with E-state index in [9.17, 15) is 9.59 Å². The van der Waals surface area contributed by atoms with E-state index in [0.29, 0.717) is 22.5 Å². The van der Waals surface area contributed by atoms with Crippen LogP contribution in [-0.4, -0.2) is 38.1 Å². The summed E-state index contributed by atoms with van der Waals surface area (Å²) < 4.78 is 5.18. The van der Waals surface area contributed by atoms with Crippen molar-refractivity contribution in [1.82, 2.24) is 20.2 Å². The number of hydrogen-bond acceptors (Lipinski definition) is 5. The maximum Gasteiger partial charge on any atom is 0.340 e. The van der Waals surface area contributed by atoms with E-state index < -0.39 is 11.9 Å². The summed E-state index contributed by atoms with van der Waals surface area (Å²) in [5.74, 6) is -0.621. The standard InChI is InChI=1S/C13H17N5O3/c1-6(2)21-12(20)9-7(3)10(16-8(9)4)11(19)17-13-14-5-15-18-13/h5-6,16H,1-4H3,(H2,14,15,17,18,19). The van der Waals surface area contributed by atoms with E-state index in [-0.39, 0.29) is 12.1 Å². The fourth-order valence-electron chi connectivity index (χ4n) is 1.99. The normalized spacial score (nSPS) is 10.7. The van der Waals surface area contributed by atoms with Crippen LogP contribution in [0.5, 0.6) is 0 Å². The van der Waals surface area contributed by atoms with Crippen LogP contribution in [-0.2, 0) is 4.74 Å². The van der Waals surface area contributed by atoms with Crippen LogP contribution in [0.15, 0.2) is 6.33 Å². The van der Waals surface area contributed by atoms with Crippen LogP contribution in [0.1, 0.15) is 46.0 Å². The van der Waals surface area contributed by atoms with Gasteiger partial charge in [-0.05, 0) is 33.3 Å². The first-order valence-electron chi connectivity index (χ1n) is 6.47. The number of hydrogen-bond donors (Lipinski definition) is 3. The third-order valence-corrected chi connectivity index (χ3v) is 2.86. The predicted molar refractivity (Wildman–Crippen MR) is 75.2 cm³/mol. The molecule has 8 heteroatoms. The first-order valence-corrected chi connectivity index (χ1v) is 6.47. The van der Waals surface area contributed by atoms with Crippen molar-refractivity contribution >= 4 is 17.8 Å². The van der Waals surface area contributed by atoms with E-state index in [0.717, 1.165) is 0 Å². The Morgan fingerprint density at radius 2 is 2.05 bits per heavy atom. The summed E-state index contributed by atoms with van der Waals surface area (Å²) in [6.07, 6.45) is 1.06. The molecule has 21 heavy (non-hydrogen) atoms. The van der Waals surface area contributed by atoms with Crippen molar-refractivity contribution in [2.45, 2.75) is 33.8 Å². The summed E-state index contributed by atoms with van der Waals surface area (Å²) in [6, 6.07) is 0. The molecule has 0 aliphatic heterocycles. The quantitative estimate of drug-likeness (QED) is 0.740. The Balaban J connectivity index is 2.26. The van der Waals surface area contributed by atoms with Crippen LogP contribution >= 0.6 is 0 Å². The van der Waals surface area contributed by atoms with Gasteiger partial charge in [0, 0.05) is 5.69 Å². The van der Waals surface area contributed by atoms with Crippen molar-refractivity contribution in [1.29, 1.82) is 0 Å². The van der Waals surface area contributed by atoms with Crippen molar-refractivity contribution in [2.24, 2.45) is 0 Å². The Labute approximate surface area is 121 Å². The van der Waals surface area contributed by atoms with E-state index in [1.165, 1.54) is 6.33 Å². The van der Waals surface area contributed by atoms with Gasteiger partial charge in [0.15, 0.2) is 0 Å². The van der Waals surface area contributed by atoms with Gasteiger partial charge in [0.25, 0.3) is 5.91 Å². The smallest absolute Gasteiger partial charge is 0.340 e. The number of ether oxygens (including phenoxy) is 1. The van der Waals surface area contributed by atoms with E-state index in [4.69, 9.17) is 4.74 Å². The molecule has 0 aliphatic carbocycles. The predicted octanol–water partition coefficient (Wildman–Crippen LogP) is 1.57. The monoisotopic (exact) mass is 291 g/mol. The molecule has 0 radical (unpaired) electrons. The average molecular weight is 291 g/mol. The maximum absolute atomic E-state index is 12.2. The van der Waals surface area contributed by atoms with Gasteiger partial charge in [-0.25, -0.2) is 9.89 Å². The van der Waals surface area contributed by atoms with Gasteiger partial charge in [0.05, 0.1) is 11.7 Å². The number of H-pyrrole nitrogens is 2. The first kappa shape index (κ1) is 14.8. The van der Waals surface area contributed by atoms with Gasteiger partial charge < -0.3 is 9.72 Å². The zero-order valence-electron chi connectivity index (χ0n) is 12.3. The molecule has 1 amide bonds. The molecule has 3 N–H and O–H groups in total. The number of carbonyl (C=O) groups excluding carboxylic acids is 2. The van der Waals surface area contributed by atoms with E-state index in [1.54, 1.807) is 27.7 Å². The van der Waals surface area contributed by atoms with Crippen LogP contribution in [0.2, 0.25) is 0 Å². The highest BCUT2D eigenvalue weighted by Crippen LogP contribution is 2.20. The molecule has 0 saturated carbocycles. The second kappa shape index (κ2) is 5.78. The SMILES string of the molecule is Cc1[nH]c(C(=O)Nc2ncn[nH]2)c(C)c1C(=O)OC(C)C. The summed E-state index contributed by atoms with van der Waals surface area (Å²) in [4.78, 5) is 30.9. The number of rotatable bonds is 4. The molecule has 2 aromatic rings. The van der Waals surface area contributed by atoms with Gasteiger partial charge >= 0.3 is 5.97 Å². The lowest BCUT2D eigenvalue weighted by atomic mass is 10.1. The second-order valence-electron chi connectivity index (χ2n) is 4.87. The zero-order chi connectivity index (χ0) is 15.6. The van der Waals surface area contributed by atoms with Crippen LogP contribution in [0.25, 0.3) is 0 Å². The average Bonchev–Trinajstić information content (AvgIpc) is 2.96. The third kappa shape index (κ3) is 3.10. The molecule has 2 heterocycles. The minimum atomic E-state index is -0.449. The van der Waals surface area contributed by atoms with Crippen LogP contribution in [0, 0.1) is 13.8 Å². The van der Waals surface area contributed by atoms with Gasteiger partial charge in [0.1, 0.15) is 12.0 Å². The molecule has 0 aromatic carbocycles. The number of aromatic nitrogens is 4. The lowest BCUT2D eigenvalue weighted by molar-refractivity contribution is 0.0376. The second-order valence-corrected chi connectivity index (χ2v) is 4.87. The molecule has 0 unspecified atom stereocenters. The number of amides is 1. The number of anilines is 1. The first-order chi connectivity index (χ1) is 9.90. The Hall–Kier alpha value is -2.64. The van der Waals surface area contributed by atoms with Crippen molar-refractivity contribution in [3.05, 3.63) is 28.8 Å². The maximum atomic E-state index is 12.2. The third-order valence-electron chi connectivity index (χ3n) is 2.86. The Bertz CT molecular complexity index is 658. The van der Waals surface area contributed by atoms with Gasteiger partial charge in [0.2, 0.25) is 5.95 Å². The highest BCUT2D eigenvalue weighted by molar-refractivity contribution is 6.06. The zero-order valence-corrected chi connectivity index (χ0v) is 12.3. The molecule has 0 aliphatic rings. The number of aromatic amines is 2. The van der Waals surface area contributed by atoms with E-state index >= 15 is 0 Å². The molecule has 112 valence electrons. The summed E-state index contributed by atoms with van der Waals surface area (Å²) in [5.41, 5.74) is 1.79. The van der Waals surface area contributed by atoms with Crippen LogP contribution in [0.4, 0.5) is 5.95 Å². The van der Waals surface area contributed by atoms with Crippen molar-refractivity contribution in [3.63, 3.8) is 0 Å². The molecule has 0 saturated heterocycles. The molecule has 2 rings (SSSR count). The fraction of sp³-hybridized carbons (Fsp3) is 0.385. The number of nitrogens with zero attached hydrogens (tertiary/aromatic N) is 2. The van der Waals surface area contributed by atoms with Crippen LogP contribution in [0.3, 0.4) is 0 Å². The Morgan fingerprint density at radius 3 is 2.62 bits per heavy atom. The minimum absolute atomic E-state index is 0.224. The van der Waals surface area contributed by atoms with Gasteiger partial charge in [-0.2, -0.15) is 10.1 Å². The summed E-state index contributed by atoms with van der Waals surface area (Å²) in [6.45, 7) is 6.95. The van der Waals surface area contributed by atoms with Crippen molar-refractivity contribution in [3.8, 4) is 0 Å². The lowest BCUT2D eigenvalue weighted by Gasteiger charge is -2.08. The Morgan fingerprint density at radius 1 is 1.33 bits per heavy atom. The van der Waals surface area contributed by atoms with Crippen LogP contribution < -0.4 is 5.32 Å². The number of carbonyl (C=O) groups is 2. The van der Waals surface area contributed by atoms with Gasteiger partial charge in [-0.3, -0.25) is 10.1 Å². The van der Waals surface area contributed by atoms with Gasteiger partial charge in [-0.15, -0.1) is 0 Å². The van der Waals surface area contributed by atoms with E-state index in [2.05, 4.69) is 25.5 Å². The van der Waals surface area contributed by atoms with Crippen molar-refractivity contribution < 1.29 is 14.3 Å². The molecule has 0 atom stereocenters. The number of nitrogens with one attached hydrogen (secondary N) is 3. The molecular formula is C13H17N5O3. The molecule has 8 nitrogen and oxygen atoms in total. The molecular weight excluding hydrogens is 274 g/mol. The minimum Gasteiger partial charge on any atom is -0.459 e. The molecule has 2 aromatic heterocycles. The topological polar surface area (TPSA) is 113 Å². The molecule has 0 spiro atoms. The number of aryl methyl sites for hydroxylation is 1. The highest BCUT2D eigenvalue weighted by Gasteiger charge is 2.23. The lowest BCUT2D eigenvalue weighted by Crippen LogP contribution is -2.16. The fourth-order valence-corrected chi connectivity index (χ4v) is 1.99. The Kier molecular flexibility index (Phi) is 4.06. The number of esters is 1.